The van der Waals surface area contributed by atoms with Crippen molar-refractivity contribution in [3.8, 4) is 11.1 Å². The number of ether oxygens (including phenoxy) is 1. The molecule has 0 aliphatic carbocycles. The molecule has 1 N–H and O–H groups in total. The van der Waals surface area contributed by atoms with Crippen molar-refractivity contribution >= 4 is 22.8 Å². The Bertz CT molecular complexity index is 1520. The van der Waals surface area contributed by atoms with Gasteiger partial charge in [-0.25, -0.2) is 9.78 Å². The van der Waals surface area contributed by atoms with E-state index in [9.17, 15) is 9.59 Å². The minimum atomic E-state index is -0.656. The molecule has 180 valence electrons. The number of nitrogens with zero attached hydrogens (tertiary/aromatic N) is 3. The molecule has 0 bridgehead atoms. The fourth-order valence-corrected chi connectivity index (χ4v) is 4.80. The lowest BCUT2D eigenvalue weighted by molar-refractivity contribution is -0.138. The maximum atomic E-state index is 13.7. The number of carbonyl (C=O) groups is 2. The number of hydrogen-bond donors (Lipinski definition) is 1. The minimum absolute atomic E-state index is 0.227. The Morgan fingerprint density at radius 1 is 1.00 bits per heavy atom. The SMILES string of the molecule is CCOC(=O)C1=C(C)NC(C)=C(C(=O)n2ccnc2)C1c1cccc2ncc(-c3ccccc3)cc12. The van der Waals surface area contributed by atoms with Gasteiger partial charge in [-0.3, -0.25) is 14.3 Å². The Labute approximate surface area is 209 Å². The highest BCUT2D eigenvalue weighted by molar-refractivity contribution is 6.04. The summed E-state index contributed by atoms with van der Waals surface area (Å²) in [4.78, 5) is 35.8. The van der Waals surface area contributed by atoms with Gasteiger partial charge in [-0.2, -0.15) is 0 Å². The number of nitrogens with one attached hydrogen (secondary N) is 1. The highest BCUT2D eigenvalue weighted by Crippen LogP contribution is 2.42. The van der Waals surface area contributed by atoms with Gasteiger partial charge in [0.25, 0.3) is 5.91 Å². The third-order valence-corrected chi connectivity index (χ3v) is 6.40. The van der Waals surface area contributed by atoms with Crippen LogP contribution in [0.4, 0.5) is 0 Å². The van der Waals surface area contributed by atoms with Crippen LogP contribution < -0.4 is 5.32 Å². The van der Waals surface area contributed by atoms with E-state index < -0.39 is 11.9 Å². The van der Waals surface area contributed by atoms with E-state index in [1.54, 1.807) is 19.3 Å². The summed E-state index contributed by atoms with van der Waals surface area (Å²) in [6, 6.07) is 17.9. The van der Waals surface area contributed by atoms with Crippen LogP contribution in [0.15, 0.2) is 102 Å². The Morgan fingerprint density at radius 2 is 1.78 bits per heavy atom. The number of rotatable bonds is 5. The molecule has 7 heteroatoms. The second-order valence-electron chi connectivity index (χ2n) is 8.63. The van der Waals surface area contributed by atoms with Gasteiger partial charge in [0.1, 0.15) is 6.33 Å². The van der Waals surface area contributed by atoms with E-state index in [4.69, 9.17) is 9.72 Å². The summed E-state index contributed by atoms with van der Waals surface area (Å²) in [7, 11) is 0. The van der Waals surface area contributed by atoms with Crippen LogP contribution >= 0.6 is 0 Å². The molecule has 7 nitrogen and oxygen atoms in total. The average molecular weight is 479 g/mol. The van der Waals surface area contributed by atoms with Crippen LogP contribution in [0.5, 0.6) is 0 Å². The van der Waals surface area contributed by atoms with Crippen LogP contribution in [0.2, 0.25) is 0 Å². The van der Waals surface area contributed by atoms with Gasteiger partial charge < -0.3 is 10.1 Å². The maximum Gasteiger partial charge on any atom is 0.336 e. The topological polar surface area (TPSA) is 86.1 Å². The number of allylic oxidation sites excluding steroid dienone is 3. The van der Waals surface area contributed by atoms with Gasteiger partial charge in [0.15, 0.2) is 0 Å². The smallest absolute Gasteiger partial charge is 0.336 e. The number of hydrogen-bond acceptors (Lipinski definition) is 6. The number of carbonyl (C=O) groups excluding carboxylic acids is 2. The van der Waals surface area contributed by atoms with Gasteiger partial charge in [0, 0.05) is 46.5 Å². The Kier molecular flexibility index (Phi) is 6.21. The highest BCUT2D eigenvalue weighted by Gasteiger charge is 2.38. The normalized spacial score (nSPS) is 15.7. The largest absolute Gasteiger partial charge is 0.463 e. The van der Waals surface area contributed by atoms with Crippen LogP contribution in [0, 0.1) is 0 Å². The van der Waals surface area contributed by atoms with E-state index in [0.717, 1.165) is 27.6 Å². The van der Waals surface area contributed by atoms with Gasteiger partial charge in [0.2, 0.25) is 0 Å². The lowest BCUT2D eigenvalue weighted by Crippen LogP contribution is -2.33. The fourth-order valence-electron chi connectivity index (χ4n) is 4.80. The standard InChI is InChI=1S/C29H26N4O3/c1-4-36-29(35)26-19(3)32-18(2)25(28(34)33-14-13-30-17-33)27(26)22-11-8-12-24-23(22)15-21(16-31-24)20-9-6-5-7-10-20/h5-17,27,32H,4H2,1-3H3. The second kappa shape index (κ2) is 9.62. The van der Waals surface area contributed by atoms with Crippen molar-refractivity contribution < 1.29 is 14.3 Å². The third kappa shape index (κ3) is 4.09. The molecule has 5 rings (SSSR count). The molecule has 0 saturated carbocycles. The quantitative estimate of drug-likeness (QED) is 0.395. The lowest BCUT2D eigenvalue weighted by atomic mass is 9.78. The zero-order chi connectivity index (χ0) is 25.2. The summed E-state index contributed by atoms with van der Waals surface area (Å²) >= 11 is 0. The summed E-state index contributed by atoms with van der Waals surface area (Å²) in [5, 5.41) is 4.10. The number of fused-ring (bicyclic) bond motifs is 1. The molecule has 0 amide bonds. The van der Waals surface area contributed by atoms with Gasteiger partial charge in [-0.1, -0.05) is 42.5 Å². The molecule has 1 aliphatic rings. The van der Waals surface area contributed by atoms with E-state index in [1.165, 1.54) is 10.9 Å². The molecule has 0 saturated heterocycles. The number of benzene rings is 2. The zero-order valence-corrected chi connectivity index (χ0v) is 20.4. The zero-order valence-electron chi connectivity index (χ0n) is 20.4. The van der Waals surface area contributed by atoms with E-state index in [0.29, 0.717) is 22.5 Å². The van der Waals surface area contributed by atoms with Gasteiger partial charge >= 0.3 is 5.97 Å². The molecule has 3 heterocycles. The molecule has 1 atom stereocenters. The van der Waals surface area contributed by atoms with Crippen LogP contribution in [0.3, 0.4) is 0 Å². The molecule has 2 aromatic heterocycles. The van der Waals surface area contributed by atoms with Crippen molar-refractivity contribution in [2.75, 3.05) is 6.61 Å². The fraction of sp³-hybridized carbons (Fsp3) is 0.172. The van der Waals surface area contributed by atoms with Crippen LogP contribution in [0.25, 0.3) is 22.0 Å². The van der Waals surface area contributed by atoms with Crippen molar-refractivity contribution in [1.29, 1.82) is 0 Å². The summed E-state index contributed by atoms with van der Waals surface area (Å²) < 4.78 is 6.88. The van der Waals surface area contributed by atoms with Crippen molar-refractivity contribution in [3.05, 3.63) is 108 Å². The first-order chi connectivity index (χ1) is 17.5. The minimum Gasteiger partial charge on any atom is -0.463 e. The predicted octanol–water partition coefficient (Wildman–Crippen LogP) is 5.24. The monoisotopic (exact) mass is 478 g/mol. The number of dihydropyridines is 1. The molecule has 36 heavy (non-hydrogen) atoms. The van der Waals surface area contributed by atoms with Gasteiger partial charge in [-0.05, 0) is 44.0 Å². The van der Waals surface area contributed by atoms with Crippen LogP contribution in [0.1, 0.15) is 37.0 Å². The summed E-state index contributed by atoms with van der Waals surface area (Å²) in [5.74, 6) is -1.38. The summed E-state index contributed by atoms with van der Waals surface area (Å²) in [6.07, 6.45) is 6.47. The summed E-state index contributed by atoms with van der Waals surface area (Å²) in [5.41, 5.74) is 5.76. The molecule has 0 radical (unpaired) electrons. The Balaban J connectivity index is 1.76. The van der Waals surface area contributed by atoms with Crippen molar-refractivity contribution in [3.63, 3.8) is 0 Å². The van der Waals surface area contributed by atoms with Crippen molar-refractivity contribution in [1.82, 2.24) is 19.9 Å². The average Bonchev–Trinajstić information content (AvgIpc) is 3.43. The van der Waals surface area contributed by atoms with Gasteiger partial charge in [-0.15, -0.1) is 0 Å². The number of pyridine rings is 1. The molecule has 2 aromatic carbocycles. The maximum absolute atomic E-state index is 13.7. The number of esters is 1. The molecule has 1 unspecified atom stereocenters. The molecule has 4 aromatic rings. The van der Waals surface area contributed by atoms with Gasteiger partial charge in [0.05, 0.1) is 23.6 Å². The first-order valence-corrected chi connectivity index (χ1v) is 11.8. The lowest BCUT2D eigenvalue weighted by Gasteiger charge is -2.31. The van der Waals surface area contributed by atoms with E-state index in [2.05, 4.69) is 16.4 Å². The molecule has 0 fully saturated rings. The Morgan fingerprint density at radius 3 is 2.50 bits per heavy atom. The second-order valence-corrected chi connectivity index (χ2v) is 8.63. The van der Waals surface area contributed by atoms with Crippen LogP contribution in [-0.4, -0.2) is 33.0 Å². The van der Waals surface area contributed by atoms with E-state index in [1.807, 2.05) is 68.6 Å². The highest BCUT2D eigenvalue weighted by atomic mass is 16.5. The first-order valence-electron chi connectivity index (χ1n) is 11.8. The number of aromatic nitrogens is 3. The van der Waals surface area contributed by atoms with E-state index >= 15 is 0 Å². The number of imidazole rings is 1. The molecular weight excluding hydrogens is 452 g/mol. The summed E-state index contributed by atoms with van der Waals surface area (Å²) in [6.45, 7) is 5.68. The predicted molar refractivity (Wildman–Crippen MR) is 138 cm³/mol. The molecule has 1 aliphatic heterocycles. The third-order valence-electron chi connectivity index (χ3n) is 6.40. The Hall–Kier alpha value is -4.52. The van der Waals surface area contributed by atoms with E-state index in [-0.39, 0.29) is 12.5 Å². The van der Waals surface area contributed by atoms with Crippen molar-refractivity contribution in [2.45, 2.75) is 26.7 Å². The molecular formula is C29H26N4O3. The van der Waals surface area contributed by atoms with Crippen LogP contribution in [-0.2, 0) is 9.53 Å². The van der Waals surface area contributed by atoms with Crippen molar-refractivity contribution in [2.24, 2.45) is 0 Å². The molecule has 0 spiro atoms. The first kappa shape index (κ1) is 23.2.